The molecule has 0 fully saturated rings. The van der Waals surface area contributed by atoms with Crippen molar-refractivity contribution in [3.8, 4) is 0 Å². The molecule has 12 heavy (non-hydrogen) atoms. The molecule has 0 bridgehead atoms. The van der Waals surface area contributed by atoms with Crippen molar-refractivity contribution in [1.82, 2.24) is 0 Å². The Hall–Kier alpha value is -0.150. The standard InChI is InChI=1S/C9H15BrO2/c1-7(11)4-3-5-9(10)6-8(2)12/h5,8,12H,3-4,6H2,1-2H3/b9-5-. The van der Waals surface area contributed by atoms with Gasteiger partial charge in [-0.15, -0.1) is 0 Å². The maximum Gasteiger partial charge on any atom is 0.130 e. The molecule has 0 aliphatic carbocycles. The number of hydrogen-bond acceptors (Lipinski definition) is 2. The summed E-state index contributed by atoms with van der Waals surface area (Å²) in [4.78, 5) is 10.6. The molecule has 0 saturated heterocycles. The number of allylic oxidation sites excluding steroid dienone is 1. The van der Waals surface area contributed by atoms with Gasteiger partial charge in [-0.05, 0) is 24.8 Å². The van der Waals surface area contributed by atoms with Crippen LogP contribution < -0.4 is 0 Å². The van der Waals surface area contributed by atoms with Crippen molar-refractivity contribution in [1.29, 1.82) is 0 Å². The quantitative estimate of drug-likeness (QED) is 0.794. The van der Waals surface area contributed by atoms with Crippen molar-refractivity contribution >= 4 is 21.7 Å². The average Bonchev–Trinajstić information content (AvgIpc) is 1.84. The summed E-state index contributed by atoms with van der Waals surface area (Å²) < 4.78 is 0.971. The summed E-state index contributed by atoms with van der Waals surface area (Å²) in [6.45, 7) is 3.32. The molecule has 0 spiro atoms. The van der Waals surface area contributed by atoms with Crippen LogP contribution in [0.4, 0.5) is 0 Å². The predicted octanol–water partition coefficient (Wildman–Crippen LogP) is 2.41. The van der Waals surface area contributed by atoms with Gasteiger partial charge in [0.05, 0.1) is 6.10 Å². The van der Waals surface area contributed by atoms with E-state index >= 15 is 0 Å². The van der Waals surface area contributed by atoms with Crippen LogP contribution >= 0.6 is 15.9 Å². The molecule has 1 atom stereocenters. The highest BCUT2D eigenvalue weighted by atomic mass is 79.9. The molecule has 0 aliphatic heterocycles. The number of aliphatic hydroxyl groups excluding tert-OH is 1. The van der Waals surface area contributed by atoms with Crippen LogP contribution in [0.1, 0.15) is 33.1 Å². The van der Waals surface area contributed by atoms with Crippen molar-refractivity contribution in [3.63, 3.8) is 0 Å². The first-order chi connectivity index (χ1) is 5.52. The first-order valence-electron chi connectivity index (χ1n) is 4.04. The van der Waals surface area contributed by atoms with Gasteiger partial charge < -0.3 is 9.90 Å². The van der Waals surface area contributed by atoms with E-state index in [1.807, 2.05) is 6.08 Å². The highest BCUT2D eigenvalue weighted by Crippen LogP contribution is 2.14. The van der Waals surface area contributed by atoms with Gasteiger partial charge in [-0.25, -0.2) is 0 Å². The number of halogens is 1. The number of hydrogen-bond donors (Lipinski definition) is 1. The Kier molecular flexibility index (Phi) is 6.30. The Balaban J connectivity index is 3.62. The van der Waals surface area contributed by atoms with E-state index in [2.05, 4.69) is 15.9 Å². The van der Waals surface area contributed by atoms with Crippen LogP contribution in [0.2, 0.25) is 0 Å². The molecule has 0 rings (SSSR count). The molecule has 2 nitrogen and oxygen atoms in total. The fourth-order valence-corrected chi connectivity index (χ4v) is 1.50. The van der Waals surface area contributed by atoms with E-state index < -0.39 is 0 Å². The number of carbonyl (C=O) groups is 1. The zero-order valence-corrected chi connectivity index (χ0v) is 9.10. The summed E-state index contributed by atoms with van der Waals surface area (Å²) in [5.74, 6) is 0.198. The summed E-state index contributed by atoms with van der Waals surface area (Å²) in [7, 11) is 0. The summed E-state index contributed by atoms with van der Waals surface area (Å²) in [5, 5.41) is 8.99. The SMILES string of the molecule is CC(=O)CC/C=C(\Br)CC(C)O. The second-order valence-corrected chi connectivity index (χ2v) is 3.96. The van der Waals surface area contributed by atoms with Crippen LogP contribution in [0.5, 0.6) is 0 Å². The van der Waals surface area contributed by atoms with Crippen LogP contribution in [-0.2, 0) is 4.79 Å². The first-order valence-corrected chi connectivity index (χ1v) is 4.83. The van der Waals surface area contributed by atoms with Crippen molar-refractivity contribution in [2.24, 2.45) is 0 Å². The van der Waals surface area contributed by atoms with Crippen molar-refractivity contribution in [2.45, 2.75) is 39.2 Å². The lowest BCUT2D eigenvalue weighted by Crippen LogP contribution is -1.98. The van der Waals surface area contributed by atoms with Crippen molar-refractivity contribution < 1.29 is 9.90 Å². The molecule has 1 N–H and O–H groups in total. The molecule has 0 aromatic carbocycles. The fraction of sp³-hybridized carbons (Fsp3) is 0.667. The van der Waals surface area contributed by atoms with Gasteiger partial charge in [0.15, 0.2) is 0 Å². The minimum Gasteiger partial charge on any atom is -0.393 e. The molecule has 1 unspecified atom stereocenters. The highest BCUT2D eigenvalue weighted by Gasteiger charge is 1.98. The lowest BCUT2D eigenvalue weighted by molar-refractivity contribution is -0.116. The third-order valence-corrected chi connectivity index (χ3v) is 2.00. The number of carbonyl (C=O) groups excluding carboxylic acids is 1. The van der Waals surface area contributed by atoms with Crippen molar-refractivity contribution in [2.75, 3.05) is 0 Å². The summed E-state index contributed by atoms with van der Waals surface area (Å²) in [6.07, 6.45) is 3.57. The monoisotopic (exact) mass is 234 g/mol. The number of aliphatic hydroxyl groups is 1. The van der Waals surface area contributed by atoms with Gasteiger partial charge in [-0.2, -0.15) is 0 Å². The second kappa shape index (κ2) is 6.38. The molecule has 0 heterocycles. The zero-order valence-electron chi connectivity index (χ0n) is 7.51. The van der Waals surface area contributed by atoms with E-state index in [9.17, 15) is 4.79 Å². The van der Waals surface area contributed by atoms with Gasteiger partial charge in [0.1, 0.15) is 5.78 Å². The van der Waals surface area contributed by atoms with Crippen LogP contribution in [0.25, 0.3) is 0 Å². The van der Waals surface area contributed by atoms with Gasteiger partial charge in [0.25, 0.3) is 0 Å². The molecule has 0 aromatic rings. The summed E-state index contributed by atoms with van der Waals surface area (Å²) in [5.41, 5.74) is 0. The van der Waals surface area contributed by atoms with E-state index in [1.165, 1.54) is 0 Å². The summed E-state index contributed by atoms with van der Waals surface area (Å²) >= 11 is 3.32. The van der Waals surface area contributed by atoms with Crippen LogP contribution in [-0.4, -0.2) is 17.0 Å². The van der Waals surface area contributed by atoms with Crippen LogP contribution in [0.15, 0.2) is 10.6 Å². The maximum atomic E-state index is 10.6. The molecule has 0 aromatic heterocycles. The lowest BCUT2D eigenvalue weighted by Gasteiger charge is -2.01. The van der Waals surface area contributed by atoms with E-state index in [0.717, 1.165) is 10.9 Å². The van der Waals surface area contributed by atoms with Gasteiger partial charge in [0, 0.05) is 12.8 Å². The lowest BCUT2D eigenvalue weighted by atomic mass is 10.2. The third-order valence-electron chi connectivity index (χ3n) is 1.35. The minimum atomic E-state index is -0.326. The highest BCUT2D eigenvalue weighted by molar-refractivity contribution is 9.11. The van der Waals surface area contributed by atoms with E-state index in [0.29, 0.717) is 12.8 Å². The second-order valence-electron chi connectivity index (χ2n) is 2.94. The molecule has 0 amide bonds. The van der Waals surface area contributed by atoms with Crippen molar-refractivity contribution in [3.05, 3.63) is 10.6 Å². The molecular weight excluding hydrogens is 220 g/mol. The predicted molar refractivity (Wildman–Crippen MR) is 53.2 cm³/mol. The molecule has 0 aliphatic rings. The molecule has 0 saturated carbocycles. The number of ketones is 1. The maximum absolute atomic E-state index is 10.6. The van der Waals surface area contributed by atoms with Gasteiger partial charge in [0.2, 0.25) is 0 Å². The van der Waals surface area contributed by atoms with E-state index in [4.69, 9.17) is 5.11 Å². The Morgan fingerprint density at radius 1 is 1.67 bits per heavy atom. The zero-order chi connectivity index (χ0) is 9.56. The molecule has 70 valence electrons. The van der Waals surface area contributed by atoms with Gasteiger partial charge >= 0.3 is 0 Å². The van der Waals surface area contributed by atoms with Crippen LogP contribution in [0.3, 0.4) is 0 Å². The van der Waals surface area contributed by atoms with E-state index in [1.54, 1.807) is 13.8 Å². The number of Topliss-reactive ketones (excluding diaryl/α,β-unsaturated/α-hetero) is 1. The normalized spacial score (nSPS) is 14.5. The van der Waals surface area contributed by atoms with E-state index in [-0.39, 0.29) is 11.9 Å². The minimum absolute atomic E-state index is 0.198. The first kappa shape index (κ1) is 11.8. The van der Waals surface area contributed by atoms with Gasteiger partial charge in [-0.3, -0.25) is 0 Å². The summed E-state index contributed by atoms with van der Waals surface area (Å²) in [6, 6.07) is 0. The Bertz CT molecular complexity index is 173. The molecule has 0 radical (unpaired) electrons. The van der Waals surface area contributed by atoms with Gasteiger partial charge in [-0.1, -0.05) is 22.0 Å². The molecule has 3 heteroatoms. The Morgan fingerprint density at radius 2 is 2.25 bits per heavy atom. The third kappa shape index (κ3) is 7.95. The largest absolute Gasteiger partial charge is 0.393 e. The average molecular weight is 235 g/mol. The topological polar surface area (TPSA) is 37.3 Å². The molecular formula is C9H15BrO2. The smallest absolute Gasteiger partial charge is 0.130 e. The van der Waals surface area contributed by atoms with Crippen LogP contribution in [0, 0.1) is 0 Å². The Morgan fingerprint density at radius 3 is 2.67 bits per heavy atom. The number of rotatable bonds is 5. The fourth-order valence-electron chi connectivity index (χ4n) is 0.798. The Labute approximate surface area is 81.8 Å².